The third-order valence-electron chi connectivity index (χ3n) is 3.14. The first-order valence-electron chi connectivity index (χ1n) is 7.68. The summed E-state index contributed by atoms with van der Waals surface area (Å²) in [6, 6.07) is -0.605. The molecule has 9 heteroatoms. The Morgan fingerprint density at radius 3 is 2.48 bits per heavy atom. The van der Waals surface area contributed by atoms with Crippen molar-refractivity contribution in [1.82, 2.24) is 10.3 Å². The molecule has 1 saturated heterocycles. The van der Waals surface area contributed by atoms with Gasteiger partial charge in [0, 0.05) is 6.54 Å². The number of rotatable bonds is 7. The van der Waals surface area contributed by atoms with Crippen LogP contribution in [-0.4, -0.2) is 64.2 Å². The molecule has 0 saturated carbocycles. The van der Waals surface area contributed by atoms with Crippen LogP contribution in [0.1, 0.15) is 46.5 Å². The highest BCUT2D eigenvalue weighted by Gasteiger charge is 2.37. The number of unbranched alkanes of at least 4 members (excludes halogenated alkanes) is 1. The number of carbonyl (C=O) groups excluding carboxylic acids is 2. The molecule has 0 aromatic carbocycles. The van der Waals surface area contributed by atoms with E-state index < -0.39 is 23.7 Å². The number of carbonyl (C=O) groups is 2. The molecule has 1 unspecified atom stereocenters. The van der Waals surface area contributed by atoms with Gasteiger partial charge >= 0.3 is 12.1 Å². The van der Waals surface area contributed by atoms with E-state index in [9.17, 15) is 9.59 Å². The lowest BCUT2D eigenvalue weighted by atomic mass is 10.2. The fourth-order valence-electron chi connectivity index (χ4n) is 2.17. The first-order valence-corrected chi connectivity index (χ1v) is 7.68. The third kappa shape index (κ3) is 7.60. The van der Waals surface area contributed by atoms with Crippen LogP contribution in [0.3, 0.4) is 0 Å². The Morgan fingerprint density at radius 2 is 1.87 bits per heavy atom. The molecule has 1 amide bonds. The average molecular weight is 334 g/mol. The second-order valence-electron chi connectivity index (χ2n) is 6.29. The lowest BCUT2D eigenvalue weighted by Gasteiger charge is -2.27. The minimum absolute atomic E-state index is 0.0953. The Bertz CT molecular complexity index is 395. The molecule has 0 radical (unpaired) electrons. The second kappa shape index (κ2) is 9.02. The largest absolute Gasteiger partial charge is 0.464 e. The normalized spacial score (nSPS) is 18.3. The van der Waals surface area contributed by atoms with Gasteiger partial charge in [-0.25, -0.2) is 9.59 Å². The zero-order valence-corrected chi connectivity index (χ0v) is 13.9. The Morgan fingerprint density at radius 1 is 1.22 bits per heavy atom. The molecule has 1 fully saturated rings. The van der Waals surface area contributed by atoms with Crippen molar-refractivity contribution in [3.05, 3.63) is 0 Å². The van der Waals surface area contributed by atoms with Crippen molar-refractivity contribution in [3.8, 4) is 0 Å². The zero-order chi connectivity index (χ0) is 17.5. The van der Waals surface area contributed by atoms with E-state index in [0.29, 0.717) is 25.8 Å². The summed E-state index contributed by atoms with van der Waals surface area (Å²) in [7, 11) is 0. The minimum atomic E-state index is -0.610. The van der Waals surface area contributed by atoms with Crippen LogP contribution in [0, 0.1) is 0 Å². The van der Waals surface area contributed by atoms with Crippen molar-refractivity contribution >= 4 is 12.1 Å². The van der Waals surface area contributed by atoms with Crippen LogP contribution in [0.4, 0.5) is 4.79 Å². The number of nitrogens with zero attached hydrogens (tertiary/aromatic N) is 2. The van der Waals surface area contributed by atoms with E-state index in [1.54, 1.807) is 20.8 Å². The van der Waals surface area contributed by atoms with E-state index in [1.807, 2.05) is 0 Å². The summed E-state index contributed by atoms with van der Waals surface area (Å²) in [6.07, 6.45) is 1.79. The van der Waals surface area contributed by atoms with Gasteiger partial charge < -0.3 is 9.47 Å². The van der Waals surface area contributed by atoms with Crippen LogP contribution in [0.2, 0.25) is 0 Å². The first-order chi connectivity index (χ1) is 10.7. The molecule has 2 N–H and O–H groups in total. The van der Waals surface area contributed by atoms with E-state index in [2.05, 4.69) is 4.84 Å². The Balaban J connectivity index is 2.32. The van der Waals surface area contributed by atoms with Crippen molar-refractivity contribution in [3.63, 3.8) is 0 Å². The minimum Gasteiger partial charge on any atom is -0.464 e. The number of hydrogen-bond donors (Lipinski definition) is 2. The number of likely N-dealkylation sites (tertiary alicyclic amines) is 1. The highest BCUT2D eigenvalue weighted by Crippen LogP contribution is 2.21. The molecule has 0 aliphatic carbocycles. The first kappa shape index (κ1) is 19.6. The molecule has 0 spiro atoms. The highest BCUT2D eigenvalue weighted by molar-refractivity contribution is 5.82. The van der Waals surface area contributed by atoms with Crippen molar-refractivity contribution in [2.24, 2.45) is 0 Å². The topological polar surface area (TPSA) is 109 Å². The molecule has 1 heterocycles. The molecular weight excluding hydrogens is 308 g/mol. The van der Waals surface area contributed by atoms with Crippen LogP contribution in [0.5, 0.6) is 0 Å². The lowest BCUT2D eigenvalue weighted by molar-refractivity contribution is -0.492. The van der Waals surface area contributed by atoms with E-state index in [0.717, 1.165) is 6.42 Å². The zero-order valence-electron chi connectivity index (χ0n) is 13.9. The lowest BCUT2D eigenvalue weighted by Crippen LogP contribution is -2.44. The summed E-state index contributed by atoms with van der Waals surface area (Å²) in [6.45, 7) is 6.07. The number of amides is 1. The summed E-state index contributed by atoms with van der Waals surface area (Å²) in [4.78, 5) is 29.9. The quantitative estimate of drug-likeness (QED) is 0.411. The maximum atomic E-state index is 12.1. The van der Waals surface area contributed by atoms with Crippen molar-refractivity contribution < 1.29 is 34.3 Å². The monoisotopic (exact) mass is 334 g/mol. The number of hydrogen-bond acceptors (Lipinski definition) is 8. The fourth-order valence-corrected chi connectivity index (χ4v) is 2.17. The van der Waals surface area contributed by atoms with Crippen LogP contribution < -0.4 is 0 Å². The standard InChI is InChI=1S/C14H26N2O7/c1-14(2,3)23-13(18)15-8-6-7-11(15)12(17)21-9-4-5-10-22-16(19)20/h11,19-20H,4-10H2,1-3H3. The summed E-state index contributed by atoms with van der Waals surface area (Å²) >= 11 is 0. The van der Waals surface area contributed by atoms with E-state index in [-0.39, 0.29) is 18.6 Å². The molecule has 0 bridgehead atoms. The molecule has 1 atom stereocenters. The predicted molar refractivity (Wildman–Crippen MR) is 77.5 cm³/mol. The summed E-state index contributed by atoms with van der Waals surface area (Å²) in [5.74, 6) is -0.444. The third-order valence-corrected chi connectivity index (χ3v) is 3.14. The van der Waals surface area contributed by atoms with Gasteiger partial charge in [0.15, 0.2) is 0 Å². The van der Waals surface area contributed by atoms with Crippen LogP contribution in [0.15, 0.2) is 0 Å². The molecular formula is C14H26N2O7. The molecule has 1 rings (SSSR count). The SMILES string of the molecule is CC(C)(C)OC(=O)N1CCCC1C(=O)OCCCCON(O)O. The molecule has 0 aromatic rings. The molecule has 1 aliphatic rings. The summed E-state index contributed by atoms with van der Waals surface area (Å²) in [5, 5.41) is 16.3. The van der Waals surface area contributed by atoms with Crippen LogP contribution >= 0.6 is 0 Å². The average Bonchev–Trinajstić information content (AvgIpc) is 2.89. The summed E-state index contributed by atoms with van der Waals surface area (Å²) < 4.78 is 10.5. The second-order valence-corrected chi connectivity index (χ2v) is 6.29. The van der Waals surface area contributed by atoms with Gasteiger partial charge in [0.05, 0.1) is 18.6 Å². The van der Waals surface area contributed by atoms with Gasteiger partial charge in [0.2, 0.25) is 0 Å². The number of esters is 1. The summed E-state index contributed by atoms with van der Waals surface area (Å²) in [5.41, 5.74) is -0.610. The van der Waals surface area contributed by atoms with Gasteiger partial charge in [-0.05, 0) is 46.5 Å². The van der Waals surface area contributed by atoms with Gasteiger partial charge in [-0.1, -0.05) is 0 Å². The Hall–Kier alpha value is -1.42. The van der Waals surface area contributed by atoms with E-state index >= 15 is 0 Å². The Labute approximate surface area is 135 Å². The van der Waals surface area contributed by atoms with Gasteiger partial charge in [-0.2, -0.15) is 0 Å². The molecule has 23 heavy (non-hydrogen) atoms. The van der Waals surface area contributed by atoms with Crippen LogP contribution in [0.25, 0.3) is 0 Å². The van der Waals surface area contributed by atoms with Gasteiger partial charge in [0.25, 0.3) is 0 Å². The highest BCUT2D eigenvalue weighted by atomic mass is 17.1. The van der Waals surface area contributed by atoms with Crippen molar-refractivity contribution in [2.75, 3.05) is 19.8 Å². The maximum absolute atomic E-state index is 12.1. The fraction of sp³-hybridized carbons (Fsp3) is 0.857. The number of ether oxygens (including phenoxy) is 2. The predicted octanol–water partition coefficient (Wildman–Crippen LogP) is 1.72. The van der Waals surface area contributed by atoms with Crippen LogP contribution in [-0.2, 0) is 19.1 Å². The molecule has 134 valence electrons. The maximum Gasteiger partial charge on any atom is 0.411 e. The van der Waals surface area contributed by atoms with Gasteiger partial charge in [-0.3, -0.25) is 20.2 Å². The smallest absolute Gasteiger partial charge is 0.411 e. The molecule has 9 nitrogen and oxygen atoms in total. The van der Waals surface area contributed by atoms with Gasteiger partial charge in [-0.15, -0.1) is 0 Å². The van der Waals surface area contributed by atoms with Crippen molar-refractivity contribution in [1.29, 1.82) is 0 Å². The van der Waals surface area contributed by atoms with Crippen molar-refractivity contribution in [2.45, 2.75) is 58.1 Å². The Kier molecular flexibility index (Phi) is 7.69. The van der Waals surface area contributed by atoms with E-state index in [4.69, 9.17) is 19.9 Å². The van der Waals surface area contributed by atoms with E-state index in [1.165, 1.54) is 4.90 Å². The molecule has 0 aromatic heterocycles. The van der Waals surface area contributed by atoms with Gasteiger partial charge in [0.1, 0.15) is 11.6 Å². The molecule has 1 aliphatic heterocycles.